The van der Waals surface area contributed by atoms with Crippen LogP contribution in [0.15, 0.2) is 47.8 Å². The van der Waals surface area contributed by atoms with Crippen LogP contribution in [0.25, 0.3) is 11.1 Å². The number of hydrogen-bond donors (Lipinski definition) is 1. The fourth-order valence-corrected chi connectivity index (χ4v) is 4.87. The number of halogens is 1. The summed E-state index contributed by atoms with van der Waals surface area (Å²) < 4.78 is 25.1. The highest BCUT2D eigenvalue weighted by molar-refractivity contribution is 7.11. The molecule has 30 heavy (non-hydrogen) atoms. The Morgan fingerprint density at radius 1 is 1.20 bits per heavy atom. The topological polar surface area (TPSA) is 47.6 Å². The lowest BCUT2D eigenvalue weighted by atomic mass is 9.89. The van der Waals surface area contributed by atoms with E-state index in [2.05, 4.69) is 12.2 Å². The second-order valence-electron chi connectivity index (χ2n) is 7.32. The van der Waals surface area contributed by atoms with Gasteiger partial charge in [0.15, 0.2) is 11.5 Å². The van der Waals surface area contributed by atoms with E-state index in [0.29, 0.717) is 24.5 Å². The third kappa shape index (κ3) is 4.05. The molecule has 1 atom stereocenters. The van der Waals surface area contributed by atoms with Gasteiger partial charge in [-0.15, -0.1) is 11.3 Å². The molecule has 0 spiro atoms. The van der Waals surface area contributed by atoms with Gasteiger partial charge in [-0.1, -0.05) is 31.5 Å². The van der Waals surface area contributed by atoms with Gasteiger partial charge in [0.1, 0.15) is 5.82 Å². The van der Waals surface area contributed by atoms with Gasteiger partial charge in [0.05, 0.1) is 19.4 Å². The quantitative estimate of drug-likeness (QED) is 0.458. The van der Waals surface area contributed by atoms with E-state index in [0.717, 1.165) is 40.1 Å². The molecule has 0 aliphatic carbocycles. The van der Waals surface area contributed by atoms with Crippen LogP contribution in [0.4, 0.5) is 10.1 Å². The van der Waals surface area contributed by atoms with Gasteiger partial charge in [-0.2, -0.15) is 0 Å². The SMILES string of the molecule is CCCCOc1ccc([C@H]2CC(=O)Nc3c(-c4cccc(F)c4)csc32)cc1OC. The number of carbonyl (C=O) groups excluding carboxylic acids is 1. The smallest absolute Gasteiger partial charge is 0.225 e. The molecule has 1 aliphatic rings. The molecule has 3 aromatic rings. The Kier molecular flexibility index (Phi) is 6.04. The van der Waals surface area contributed by atoms with Crippen molar-refractivity contribution in [3.05, 3.63) is 64.1 Å². The Morgan fingerprint density at radius 3 is 2.83 bits per heavy atom. The van der Waals surface area contributed by atoms with Crippen LogP contribution in [0.1, 0.15) is 42.5 Å². The summed E-state index contributed by atoms with van der Waals surface area (Å²) in [5, 5.41) is 4.98. The lowest BCUT2D eigenvalue weighted by molar-refractivity contribution is -0.116. The molecule has 4 rings (SSSR count). The highest BCUT2D eigenvalue weighted by Gasteiger charge is 2.31. The van der Waals surface area contributed by atoms with Crippen molar-refractivity contribution in [1.82, 2.24) is 0 Å². The number of nitrogens with one attached hydrogen (secondary N) is 1. The van der Waals surface area contributed by atoms with Crippen LogP contribution in [0.5, 0.6) is 11.5 Å². The first-order chi connectivity index (χ1) is 14.6. The molecule has 0 fully saturated rings. The molecule has 1 N–H and O–H groups in total. The van der Waals surface area contributed by atoms with Gasteiger partial charge >= 0.3 is 0 Å². The fraction of sp³-hybridized carbons (Fsp3) is 0.292. The predicted molar refractivity (Wildman–Crippen MR) is 118 cm³/mol. The number of benzene rings is 2. The first-order valence-corrected chi connectivity index (χ1v) is 11.0. The van der Waals surface area contributed by atoms with Crippen LogP contribution >= 0.6 is 11.3 Å². The van der Waals surface area contributed by atoms with Crippen molar-refractivity contribution in [2.24, 2.45) is 0 Å². The van der Waals surface area contributed by atoms with Gasteiger partial charge in [0.25, 0.3) is 0 Å². The fourth-order valence-electron chi connectivity index (χ4n) is 3.71. The molecule has 0 unspecified atom stereocenters. The number of rotatable bonds is 7. The predicted octanol–water partition coefficient (Wildman–Crippen LogP) is 6.22. The third-order valence-corrected chi connectivity index (χ3v) is 6.37. The normalized spacial score (nSPS) is 15.4. The minimum Gasteiger partial charge on any atom is -0.493 e. The highest BCUT2D eigenvalue weighted by Crippen LogP contribution is 2.47. The van der Waals surface area contributed by atoms with Gasteiger partial charge in [0, 0.05) is 28.2 Å². The third-order valence-electron chi connectivity index (χ3n) is 5.27. The van der Waals surface area contributed by atoms with Crippen molar-refractivity contribution in [2.45, 2.75) is 32.1 Å². The molecule has 6 heteroatoms. The molecule has 1 aromatic heterocycles. The van der Waals surface area contributed by atoms with Crippen LogP contribution < -0.4 is 14.8 Å². The summed E-state index contributed by atoms with van der Waals surface area (Å²) in [5.74, 6) is 0.944. The summed E-state index contributed by atoms with van der Waals surface area (Å²) in [6.07, 6.45) is 2.40. The molecule has 0 radical (unpaired) electrons. The molecular formula is C24H24FNO3S. The maximum Gasteiger partial charge on any atom is 0.225 e. The second kappa shape index (κ2) is 8.88. The number of hydrogen-bond acceptors (Lipinski definition) is 4. The van der Waals surface area contributed by atoms with E-state index in [1.54, 1.807) is 24.5 Å². The van der Waals surface area contributed by atoms with Crippen molar-refractivity contribution < 1.29 is 18.7 Å². The molecule has 0 saturated heterocycles. The average molecular weight is 426 g/mol. The first-order valence-electron chi connectivity index (χ1n) is 10.1. The lowest BCUT2D eigenvalue weighted by Crippen LogP contribution is -2.22. The number of ether oxygens (including phenoxy) is 2. The van der Waals surface area contributed by atoms with Crippen LogP contribution in [0.2, 0.25) is 0 Å². The number of amides is 1. The molecular weight excluding hydrogens is 401 g/mol. The number of unbranched alkanes of at least 4 members (excludes halogenated alkanes) is 1. The van der Waals surface area contributed by atoms with Gasteiger partial charge < -0.3 is 14.8 Å². The zero-order valence-corrected chi connectivity index (χ0v) is 17.9. The van der Waals surface area contributed by atoms with E-state index in [4.69, 9.17) is 9.47 Å². The number of carbonyl (C=O) groups is 1. The van der Waals surface area contributed by atoms with Crippen molar-refractivity contribution in [2.75, 3.05) is 19.0 Å². The molecule has 4 nitrogen and oxygen atoms in total. The van der Waals surface area contributed by atoms with E-state index >= 15 is 0 Å². The Bertz CT molecular complexity index is 1060. The highest BCUT2D eigenvalue weighted by atomic mass is 32.1. The minimum atomic E-state index is -0.297. The van der Waals surface area contributed by atoms with Crippen molar-refractivity contribution in [3.8, 4) is 22.6 Å². The Labute approximate surface area is 179 Å². The van der Waals surface area contributed by atoms with E-state index < -0.39 is 0 Å². The molecule has 1 amide bonds. The maximum atomic E-state index is 13.7. The molecule has 2 heterocycles. The number of fused-ring (bicyclic) bond motifs is 1. The van der Waals surface area contributed by atoms with Crippen molar-refractivity contribution in [1.29, 1.82) is 0 Å². The summed E-state index contributed by atoms with van der Waals surface area (Å²) in [7, 11) is 1.62. The van der Waals surface area contributed by atoms with E-state index in [1.165, 1.54) is 12.1 Å². The molecule has 1 aliphatic heterocycles. The molecule has 156 valence electrons. The van der Waals surface area contributed by atoms with E-state index in [-0.39, 0.29) is 17.6 Å². The van der Waals surface area contributed by atoms with Crippen LogP contribution in [0, 0.1) is 5.82 Å². The number of anilines is 1. The number of methoxy groups -OCH3 is 1. The lowest BCUT2D eigenvalue weighted by Gasteiger charge is -2.24. The van der Waals surface area contributed by atoms with Gasteiger partial charge in [-0.3, -0.25) is 4.79 Å². The van der Waals surface area contributed by atoms with Gasteiger partial charge in [-0.25, -0.2) is 4.39 Å². The maximum absolute atomic E-state index is 13.7. The second-order valence-corrected chi connectivity index (χ2v) is 8.23. The zero-order chi connectivity index (χ0) is 21.1. The summed E-state index contributed by atoms with van der Waals surface area (Å²) in [4.78, 5) is 13.6. The first kappa shape index (κ1) is 20.4. The number of thiophene rings is 1. The van der Waals surface area contributed by atoms with Crippen molar-refractivity contribution >= 4 is 22.9 Å². The minimum absolute atomic E-state index is 0.0502. The van der Waals surface area contributed by atoms with Crippen LogP contribution in [-0.4, -0.2) is 19.6 Å². The Hall–Kier alpha value is -2.86. The molecule has 2 aromatic carbocycles. The van der Waals surface area contributed by atoms with Gasteiger partial charge in [0.2, 0.25) is 5.91 Å². The monoisotopic (exact) mass is 425 g/mol. The Balaban J connectivity index is 1.69. The summed E-state index contributed by atoms with van der Waals surface area (Å²) >= 11 is 1.58. The molecule has 0 saturated carbocycles. The molecule has 0 bridgehead atoms. The van der Waals surface area contributed by atoms with E-state index in [1.807, 2.05) is 29.6 Å². The van der Waals surface area contributed by atoms with E-state index in [9.17, 15) is 9.18 Å². The van der Waals surface area contributed by atoms with Crippen LogP contribution in [-0.2, 0) is 4.79 Å². The standard InChI is InChI=1S/C24H24FNO3S/c1-3-4-10-29-20-9-8-16(12-21(20)28-2)18-13-22(27)26-23-19(14-30-24(18)23)15-6-5-7-17(25)11-15/h5-9,11-12,14,18H,3-4,10,13H2,1-2H3,(H,26,27)/t18-/m1/s1. The van der Waals surface area contributed by atoms with Gasteiger partial charge in [-0.05, 0) is 41.8 Å². The van der Waals surface area contributed by atoms with Crippen molar-refractivity contribution in [3.63, 3.8) is 0 Å². The largest absolute Gasteiger partial charge is 0.493 e. The summed E-state index contributed by atoms with van der Waals surface area (Å²) in [6.45, 7) is 2.76. The zero-order valence-electron chi connectivity index (χ0n) is 17.0. The summed E-state index contributed by atoms with van der Waals surface area (Å²) in [5.41, 5.74) is 3.37. The van der Waals surface area contributed by atoms with Crippen LogP contribution in [0.3, 0.4) is 0 Å². The average Bonchev–Trinajstić information content (AvgIpc) is 3.17. The Morgan fingerprint density at radius 2 is 2.07 bits per heavy atom. The summed E-state index contributed by atoms with van der Waals surface area (Å²) in [6, 6.07) is 12.3.